The van der Waals surface area contributed by atoms with E-state index < -0.39 is 0 Å². The highest BCUT2D eigenvalue weighted by Crippen LogP contribution is 2.27. The SMILES string of the molecule is Cc1ccc(Nc2ccc(-c3ccccc3)cc2)c(Cl)c1. The van der Waals surface area contributed by atoms with Gasteiger partial charge in [0.15, 0.2) is 0 Å². The first kappa shape index (κ1) is 13.7. The second-order valence-electron chi connectivity index (χ2n) is 5.05. The average Bonchev–Trinajstić information content (AvgIpc) is 2.52. The second-order valence-corrected chi connectivity index (χ2v) is 5.46. The number of halogens is 1. The molecule has 1 N–H and O–H groups in total. The minimum Gasteiger partial charge on any atom is -0.354 e. The van der Waals surface area contributed by atoms with E-state index in [1.54, 1.807) is 0 Å². The molecule has 0 saturated carbocycles. The Labute approximate surface area is 130 Å². The minimum absolute atomic E-state index is 0.738. The Kier molecular flexibility index (Phi) is 3.94. The summed E-state index contributed by atoms with van der Waals surface area (Å²) in [6.07, 6.45) is 0. The van der Waals surface area contributed by atoms with Gasteiger partial charge in [-0.25, -0.2) is 0 Å². The highest BCUT2D eigenvalue weighted by Gasteiger charge is 2.02. The van der Waals surface area contributed by atoms with Crippen molar-refractivity contribution in [3.8, 4) is 11.1 Å². The van der Waals surface area contributed by atoms with Crippen LogP contribution in [0.25, 0.3) is 11.1 Å². The van der Waals surface area contributed by atoms with Crippen LogP contribution in [-0.2, 0) is 0 Å². The first-order valence-electron chi connectivity index (χ1n) is 6.91. The van der Waals surface area contributed by atoms with Crippen LogP contribution in [0.1, 0.15) is 5.56 Å². The van der Waals surface area contributed by atoms with E-state index in [2.05, 4.69) is 41.7 Å². The maximum absolute atomic E-state index is 6.24. The summed E-state index contributed by atoms with van der Waals surface area (Å²) in [6.45, 7) is 2.03. The Bertz CT molecular complexity index is 733. The Balaban J connectivity index is 1.81. The van der Waals surface area contributed by atoms with Crippen LogP contribution in [0.4, 0.5) is 11.4 Å². The molecular weight excluding hydrogens is 278 g/mol. The molecule has 0 spiro atoms. The highest BCUT2D eigenvalue weighted by atomic mass is 35.5. The van der Waals surface area contributed by atoms with Gasteiger partial charge in [-0.05, 0) is 47.9 Å². The number of benzene rings is 3. The number of hydrogen-bond donors (Lipinski definition) is 1. The molecule has 0 bridgehead atoms. The number of anilines is 2. The third-order valence-corrected chi connectivity index (χ3v) is 3.71. The molecule has 0 unspecified atom stereocenters. The summed E-state index contributed by atoms with van der Waals surface area (Å²) < 4.78 is 0. The lowest BCUT2D eigenvalue weighted by Crippen LogP contribution is -1.91. The molecule has 0 radical (unpaired) electrons. The molecule has 0 heterocycles. The predicted molar refractivity (Wildman–Crippen MR) is 91.3 cm³/mol. The summed E-state index contributed by atoms with van der Waals surface area (Å²) in [5.74, 6) is 0. The van der Waals surface area contributed by atoms with Crippen LogP contribution >= 0.6 is 11.6 Å². The van der Waals surface area contributed by atoms with E-state index in [9.17, 15) is 0 Å². The lowest BCUT2D eigenvalue weighted by atomic mass is 10.1. The van der Waals surface area contributed by atoms with E-state index in [0.29, 0.717) is 0 Å². The van der Waals surface area contributed by atoms with Gasteiger partial charge in [-0.3, -0.25) is 0 Å². The largest absolute Gasteiger partial charge is 0.354 e. The molecule has 0 aliphatic carbocycles. The Morgan fingerprint density at radius 2 is 1.43 bits per heavy atom. The minimum atomic E-state index is 0.738. The first-order chi connectivity index (χ1) is 10.2. The van der Waals surface area contributed by atoms with E-state index in [4.69, 9.17) is 11.6 Å². The summed E-state index contributed by atoms with van der Waals surface area (Å²) in [5, 5.41) is 4.08. The van der Waals surface area contributed by atoms with Crippen molar-refractivity contribution >= 4 is 23.0 Å². The van der Waals surface area contributed by atoms with Gasteiger partial charge in [0.2, 0.25) is 0 Å². The van der Waals surface area contributed by atoms with Crippen molar-refractivity contribution in [1.29, 1.82) is 0 Å². The fourth-order valence-electron chi connectivity index (χ4n) is 2.25. The standard InChI is InChI=1S/C19H16ClN/c1-14-7-12-19(18(20)13-14)21-17-10-8-16(9-11-17)15-5-3-2-4-6-15/h2-13,21H,1H3. The zero-order valence-electron chi connectivity index (χ0n) is 11.8. The fourth-order valence-corrected chi connectivity index (χ4v) is 2.54. The second kappa shape index (κ2) is 6.02. The Morgan fingerprint density at radius 1 is 0.762 bits per heavy atom. The molecule has 3 aromatic carbocycles. The molecule has 21 heavy (non-hydrogen) atoms. The maximum Gasteiger partial charge on any atom is 0.0643 e. The zero-order valence-corrected chi connectivity index (χ0v) is 12.6. The molecule has 1 nitrogen and oxygen atoms in total. The van der Waals surface area contributed by atoms with E-state index in [-0.39, 0.29) is 0 Å². The summed E-state index contributed by atoms with van der Waals surface area (Å²) in [4.78, 5) is 0. The summed E-state index contributed by atoms with van der Waals surface area (Å²) in [6, 6.07) is 24.7. The van der Waals surface area contributed by atoms with Crippen molar-refractivity contribution in [2.45, 2.75) is 6.92 Å². The molecule has 0 saturated heterocycles. The number of aryl methyl sites for hydroxylation is 1. The van der Waals surface area contributed by atoms with E-state index in [0.717, 1.165) is 22.0 Å². The molecule has 0 aromatic heterocycles. The van der Waals surface area contributed by atoms with Crippen molar-refractivity contribution in [1.82, 2.24) is 0 Å². The predicted octanol–water partition coefficient (Wildman–Crippen LogP) is 6.06. The van der Waals surface area contributed by atoms with Crippen molar-refractivity contribution in [3.05, 3.63) is 83.4 Å². The summed E-state index contributed by atoms with van der Waals surface area (Å²) in [7, 11) is 0. The molecule has 0 aliphatic rings. The number of nitrogens with one attached hydrogen (secondary N) is 1. The monoisotopic (exact) mass is 293 g/mol. The van der Waals surface area contributed by atoms with Gasteiger partial charge in [-0.2, -0.15) is 0 Å². The first-order valence-corrected chi connectivity index (χ1v) is 7.29. The van der Waals surface area contributed by atoms with Gasteiger partial charge in [0.25, 0.3) is 0 Å². The fraction of sp³-hybridized carbons (Fsp3) is 0.0526. The van der Waals surface area contributed by atoms with Crippen molar-refractivity contribution in [3.63, 3.8) is 0 Å². The number of hydrogen-bond acceptors (Lipinski definition) is 1. The molecule has 2 heteroatoms. The van der Waals surface area contributed by atoms with Crippen LogP contribution < -0.4 is 5.32 Å². The highest BCUT2D eigenvalue weighted by molar-refractivity contribution is 6.33. The van der Waals surface area contributed by atoms with Gasteiger partial charge < -0.3 is 5.32 Å². The zero-order chi connectivity index (χ0) is 14.7. The van der Waals surface area contributed by atoms with Crippen LogP contribution in [0, 0.1) is 6.92 Å². The van der Waals surface area contributed by atoms with E-state index >= 15 is 0 Å². The molecule has 0 fully saturated rings. The van der Waals surface area contributed by atoms with Crippen molar-refractivity contribution in [2.24, 2.45) is 0 Å². The van der Waals surface area contributed by atoms with Gasteiger partial charge in [0, 0.05) is 5.69 Å². The molecule has 3 aromatic rings. The van der Waals surface area contributed by atoms with Crippen molar-refractivity contribution < 1.29 is 0 Å². The smallest absolute Gasteiger partial charge is 0.0643 e. The third-order valence-electron chi connectivity index (χ3n) is 3.40. The summed E-state index contributed by atoms with van der Waals surface area (Å²) in [5.41, 5.74) is 5.54. The van der Waals surface area contributed by atoms with Gasteiger partial charge in [-0.15, -0.1) is 0 Å². The van der Waals surface area contributed by atoms with Gasteiger partial charge >= 0.3 is 0 Å². The molecular formula is C19H16ClN. The summed E-state index contributed by atoms with van der Waals surface area (Å²) >= 11 is 6.24. The van der Waals surface area contributed by atoms with Crippen LogP contribution in [0.15, 0.2) is 72.8 Å². The lowest BCUT2D eigenvalue weighted by molar-refractivity contribution is 1.45. The molecule has 3 rings (SSSR count). The van der Waals surface area contributed by atoms with Crippen LogP contribution in [0.3, 0.4) is 0 Å². The lowest BCUT2D eigenvalue weighted by Gasteiger charge is -2.10. The van der Waals surface area contributed by atoms with Crippen molar-refractivity contribution in [2.75, 3.05) is 5.32 Å². The molecule has 104 valence electrons. The van der Waals surface area contributed by atoms with Gasteiger partial charge in [-0.1, -0.05) is 60.1 Å². The Morgan fingerprint density at radius 3 is 2.10 bits per heavy atom. The maximum atomic E-state index is 6.24. The normalized spacial score (nSPS) is 10.4. The Hall–Kier alpha value is -2.25. The van der Waals surface area contributed by atoms with Crippen LogP contribution in [0.2, 0.25) is 5.02 Å². The van der Waals surface area contributed by atoms with E-state index in [1.165, 1.54) is 11.1 Å². The van der Waals surface area contributed by atoms with E-state index in [1.807, 2.05) is 43.3 Å². The average molecular weight is 294 g/mol. The van der Waals surface area contributed by atoms with Crippen LogP contribution in [-0.4, -0.2) is 0 Å². The third kappa shape index (κ3) is 3.26. The topological polar surface area (TPSA) is 12.0 Å². The van der Waals surface area contributed by atoms with Gasteiger partial charge in [0.05, 0.1) is 10.7 Å². The number of rotatable bonds is 3. The van der Waals surface area contributed by atoms with Gasteiger partial charge in [0.1, 0.15) is 0 Å². The molecule has 0 atom stereocenters. The molecule has 0 amide bonds. The quantitative estimate of drug-likeness (QED) is 0.619. The van der Waals surface area contributed by atoms with Crippen LogP contribution in [0.5, 0.6) is 0 Å². The molecule has 0 aliphatic heterocycles.